The van der Waals surface area contributed by atoms with E-state index in [9.17, 15) is 14.4 Å². The van der Waals surface area contributed by atoms with Crippen molar-refractivity contribution in [2.45, 2.75) is 51.9 Å². The van der Waals surface area contributed by atoms with Crippen LogP contribution < -0.4 is 10.6 Å². The Bertz CT molecular complexity index is 627. The Morgan fingerprint density at radius 2 is 1.96 bits per heavy atom. The Morgan fingerprint density at radius 3 is 2.63 bits per heavy atom. The molecular weight excluding hydrogens is 346 g/mol. The lowest BCUT2D eigenvalue weighted by atomic mass is 9.71. The van der Waals surface area contributed by atoms with Crippen molar-refractivity contribution < 1.29 is 19.1 Å². The zero-order valence-electron chi connectivity index (χ0n) is 16.0. The molecule has 0 bridgehead atoms. The number of amides is 2. The molecule has 27 heavy (non-hydrogen) atoms. The van der Waals surface area contributed by atoms with Crippen molar-refractivity contribution in [1.29, 1.82) is 0 Å². The minimum Gasteiger partial charge on any atom is -0.466 e. The number of carbonyl (C=O) groups is 3. The highest BCUT2D eigenvalue weighted by Crippen LogP contribution is 2.39. The lowest BCUT2D eigenvalue weighted by Gasteiger charge is -2.36. The zero-order chi connectivity index (χ0) is 19.5. The van der Waals surface area contributed by atoms with Crippen molar-refractivity contribution in [3.8, 4) is 0 Å². The van der Waals surface area contributed by atoms with E-state index >= 15 is 0 Å². The molecule has 0 radical (unpaired) electrons. The van der Waals surface area contributed by atoms with E-state index in [0.717, 1.165) is 25.7 Å². The summed E-state index contributed by atoms with van der Waals surface area (Å²) >= 11 is 0. The summed E-state index contributed by atoms with van der Waals surface area (Å²) in [6.45, 7) is 2.90. The number of hydrogen-bond acceptors (Lipinski definition) is 5. The standard InChI is InChI=1S/C20H29N3O4/c1-2-27-18(25)13-20(9-4-3-5-10-20)15-23-17(24)8-12-22-19(26)16-7-6-11-21-14-16/h6-7,11,14H,2-5,8-10,12-13,15H2,1H3,(H,22,26)(H,23,24). The molecule has 1 aliphatic carbocycles. The molecule has 0 atom stereocenters. The van der Waals surface area contributed by atoms with E-state index in [1.54, 1.807) is 25.3 Å². The molecule has 0 unspecified atom stereocenters. The van der Waals surface area contributed by atoms with Crippen LogP contribution in [0.2, 0.25) is 0 Å². The molecule has 1 aromatic heterocycles. The molecule has 7 heteroatoms. The second-order valence-electron chi connectivity index (χ2n) is 7.07. The molecule has 0 spiro atoms. The molecule has 1 fully saturated rings. The smallest absolute Gasteiger partial charge is 0.306 e. The van der Waals surface area contributed by atoms with Crippen LogP contribution in [0, 0.1) is 5.41 Å². The number of rotatable bonds is 9. The number of ether oxygens (including phenoxy) is 1. The van der Waals surface area contributed by atoms with Crippen LogP contribution in [0.5, 0.6) is 0 Å². The first-order valence-corrected chi connectivity index (χ1v) is 9.65. The number of pyridine rings is 1. The summed E-state index contributed by atoms with van der Waals surface area (Å²) in [6, 6.07) is 3.36. The van der Waals surface area contributed by atoms with Gasteiger partial charge in [0.15, 0.2) is 0 Å². The van der Waals surface area contributed by atoms with E-state index in [-0.39, 0.29) is 36.2 Å². The van der Waals surface area contributed by atoms with Crippen molar-refractivity contribution >= 4 is 17.8 Å². The number of hydrogen-bond donors (Lipinski definition) is 2. The first-order valence-electron chi connectivity index (χ1n) is 9.65. The molecule has 1 saturated carbocycles. The third-order valence-electron chi connectivity index (χ3n) is 4.96. The Balaban J connectivity index is 1.76. The second kappa shape index (κ2) is 10.6. The van der Waals surface area contributed by atoms with E-state index in [0.29, 0.717) is 25.1 Å². The molecule has 2 N–H and O–H groups in total. The molecule has 1 aromatic rings. The predicted molar refractivity (Wildman–Crippen MR) is 101 cm³/mol. The number of aromatic nitrogens is 1. The van der Waals surface area contributed by atoms with Gasteiger partial charge < -0.3 is 15.4 Å². The van der Waals surface area contributed by atoms with Gasteiger partial charge in [0, 0.05) is 31.9 Å². The molecule has 2 amide bonds. The number of nitrogens with zero attached hydrogens (tertiary/aromatic N) is 1. The highest BCUT2D eigenvalue weighted by atomic mass is 16.5. The van der Waals surface area contributed by atoms with Crippen LogP contribution in [0.15, 0.2) is 24.5 Å². The monoisotopic (exact) mass is 375 g/mol. The number of carbonyl (C=O) groups excluding carboxylic acids is 3. The van der Waals surface area contributed by atoms with Gasteiger partial charge in [0.1, 0.15) is 0 Å². The van der Waals surface area contributed by atoms with E-state index in [1.807, 2.05) is 0 Å². The van der Waals surface area contributed by atoms with Crippen molar-refractivity contribution in [1.82, 2.24) is 15.6 Å². The van der Waals surface area contributed by atoms with Crippen molar-refractivity contribution in [2.24, 2.45) is 5.41 Å². The topological polar surface area (TPSA) is 97.4 Å². The molecule has 2 rings (SSSR count). The lowest BCUT2D eigenvalue weighted by molar-refractivity contribution is -0.146. The van der Waals surface area contributed by atoms with Crippen molar-refractivity contribution in [3.05, 3.63) is 30.1 Å². The average molecular weight is 375 g/mol. The maximum absolute atomic E-state index is 12.2. The largest absolute Gasteiger partial charge is 0.466 e. The van der Waals surface area contributed by atoms with Gasteiger partial charge in [0.25, 0.3) is 5.91 Å². The summed E-state index contributed by atoms with van der Waals surface area (Å²) in [5, 5.41) is 5.66. The van der Waals surface area contributed by atoms with Gasteiger partial charge in [-0.3, -0.25) is 19.4 Å². The Kier molecular flexibility index (Phi) is 8.23. The van der Waals surface area contributed by atoms with Crippen LogP contribution in [0.4, 0.5) is 0 Å². The van der Waals surface area contributed by atoms with Gasteiger partial charge in [-0.05, 0) is 37.3 Å². The number of esters is 1. The fourth-order valence-corrected chi connectivity index (χ4v) is 3.50. The van der Waals surface area contributed by atoms with E-state index in [2.05, 4.69) is 15.6 Å². The summed E-state index contributed by atoms with van der Waals surface area (Å²) in [4.78, 5) is 39.9. The molecule has 1 aliphatic rings. The van der Waals surface area contributed by atoms with Gasteiger partial charge in [0.2, 0.25) is 5.91 Å². The Labute approximate surface area is 160 Å². The van der Waals surface area contributed by atoms with Crippen LogP contribution in [-0.2, 0) is 14.3 Å². The third-order valence-corrected chi connectivity index (χ3v) is 4.96. The highest BCUT2D eigenvalue weighted by molar-refractivity contribution is 5.94. The Morgan fingerprint density at radius 1 is 1.19 bits per heavy atom. The fraction of sp³-hybridized carbons (Fsp3) is 0.600. The summed E-state index contributed by atoms with van der Waals surface area (Å²) < 4.78 is 5.11. The highest BCUT2D eigenvalue weighted by Gasteiger charge is 2.35. The van der Waals surface area contributed by atoms with Gasteiger partial charge in [-0.25, -0.2) is 0 Å². The predicted octanol–water partition coefficient (Wildman–Crippen LogP) is 2.22. The van der Waals surface area contributed by atoms with Gasteiger partial charge in [-0.15, -0.1) is 0 Å². The zero-order valence-corrected chi connectivity index (χ0v) is 16.0. The van der Waals surface area contributed by atoms with E-state index < -0.39 is 0 Å². The lowest BCUT2D eigenvalue weighted by Crippen LogP contribution is -2.41. The molecule has 0 aliphatic heterocycles. The van der Waals surface area contributed by atoms with Gasteiger partial charge in [-0.1, -0.05) is 19.3 Å². The van der Waals surface area contributed by atoms with E-state index in [1.165, 1.54) is 12.6 Å². The van der Waals surface area contributed by atoms with Gasteiger partial charge in [-0.2, -0.15) is 0 Å². The van der Waals surface area contributed by atoms with Crippen molar-refractivity contribution in [2.75, 3.05) is 19.7 Å². The SMILES string of the molecule is CCOC(=O)CC1(CNC(=O)CCNC(=O)c2cccnc2)CCCCC1. The minimum atomic E-state index is -0.248. The normalized spacial score (nSPS) is 15.6. The minimum absolute atomic E-state index is 0.129. The summed E-state index contributed by atoms with van der Waals surface area (Å²) in [5.74, 6) is -0.574. The first kappa shape index (κ1) is 20.9. The quantitative estimate of drug-likeness (QED) is 0.645. The van der Waals surface area contributed by atoms with Crippen LogP contribution in [0.1, 0.15) is 62.2 Å². The fourth-order valence-electron chi connectivity index (χ4n) is 3.50. The average Bonchev–Trinajstić information content (AvgIpc) is 2.68. The second-order valence-corrected chi connectivity index (χ2v) is 7.07. The molecule has 1 heterocycles. The van der Waals surface area contributed by atoms with Crippen LogP contribution >= 0.6 is 0 Å². The molecule has 148 valence electrons. The van der Waals surface area contributed by atoms with Gasteiger partial charge in [0.05, 0.1) is 18.6 Å². The van der Waals surface area contributed by atoms with Gasteiger partial charge >= 0.3 is 5.97 Å². The van der Waals surface area contributed by atoms with E-state index in [4.69, 9.17) is 4.74 Å². The summed E-state index contributed by atoms with van der Waals surface area (Å²) in [7, 11) is 0. The number of nitrogens with one attached hydrogen (secondary N) is 2. The molecule has 0 aromatic carbocycles. The van der Waals surface area contributed by atoms with Crippen LogP contribution in [-0.4, -0.2) is 42.5 Å². The maximum atomic E-state index is 12.2. The third kappa shape index (κ3) is 7.00. The Hall–Kier alpha value is -2.44. The first-order chi connectivity index (χ1) is 13.0. The molecule has 0 saturated heterocycles. The van der Waals surface area contributed by atoms with Crippen molar-refractivity contribution in [3.63, 3.8) is 0 Å². The molecular formula is C20H29N3O4. The maximum Gasteiger partial charge on any atom is 0.306 e. The summed E-state index contributed by atoms with van der Waals surface area (Å²) in [6.07, 6.45) is 8.76. The van der Waals surface area contributed by atoms with Crippen LogP contribution in [0.3, 0.4) is 0 Å². The summed E-state index contributed by atoms with van der Waals surface area (Å²) in [5.41, 5.74) is 0.257. The van der Waals surface area contributed by atoms with Crippen LogP contribution in [0.25, 0.3) is 0 Å². The molecule has 7 nitrogen and oxygen atoms in total.